The molecule has 0 spiro atoms. The Balaban J connectivity index is 3.12. The van der Waals surface area contributed by atoms with Crippen molar-refractivity contribution in [2.75, 3.05) is 5.73 Å². The van der Waals surface area contributed by atoms with E-state index in [4.69, 9.17) is 5.73 Å². The molecule has 1 aromatic rings. The summed E-state index contributed by atoms with van der Waals surface area (Å²) in [7, 11) is 0. The van der Waals surface area contributed by atoms with E-state index in [0.29, 0.717) is 5.82 Å². The maximum Gasteiger partial charge on any atom is 0.154 e. The topological polar surface area (TPSA) is 38.9 Å². The van der Waals surface area contributed by atoms with Crippen LogP contribution in [0.15, 0.2) is 0 Å². The van der Waals surface area contributed by atoms with Gasteiger partial charge in [0.25, 0.3) is 0 Å². The Morgan fingerprint density at radius 1 is 1.86 bits per heavy atom. The maximum atomic E-state index is 5.31. The van der Waals surface area contributed by atoms with Crippen molar-refractivity contribution in [1.29, 1.82) is 0 Å². The molecule has 0 saturated carbocycles. The number of rotatable bonds is 0. The molecule has 0 aliphatic rings. The molecule has 0 saturated heterocycles. The molecule has 0 aliphatic heterocycles. The Labute approximate surface area is 46.0 Å². The molecule has 0 aromatic carbocycles. The van der Waals surface area contributed by atoms with Gasteiger partial charge in [-0.15, -0.1) is 11.3 Å². The first-order valence-corrected chi connectivity index (χ1v) is 2.71. The molecule has 0 unspecified atom stereocenters. The largest absolute Gasteiger partial charge is 0.383 e. The molecule has 1 rings (SSSR count). The van der Waals surface area contributed by atoms with Crippen LogP contribution in [0.4, 0.5) is 5.82 Å². The van der Waals surface area contributed by atoms with Gasteiger partial charge < -0.3 is 5.73 Å². The number of nitrogen functional groups attached to an aromatic ring is 1. The molecule has 1 radical (unpaired) electrons. The minimum Gasteiger partial charge on any atom is -0.383 e. The SMILES string of the molecule is Cc1s[c]nc1N. The summed E-state index contributed by atoms with van der Waals surface area (Å²) >= 11 is 1.44. The summed E-state index contributed by atoms with van der Waals surface area (Å²) in [5.41, 5.74) is 7.97. The second-order valence-electron chi connectivity index (χ2n) is 1.25. The van der Waals surface area contributed by atoms with Crippen molar-refractivity contribution >= 4 is 17.2 Å². The third kappa shape index (κ3) is 0.718. The van der Waals surface area contributed by atoms with Gasteiger partial charge in [0.2, 0.25) is 0 Å². The number of anilines is 1. The molecule has 7 heavy (non-hydrogen) atoms. The number of hydrogen-bond acceptors (Lipinski definition) is 3. The lowest BCUT2D eigenvalue weighted by Gasteiger charge is -1.78. The van der Waals surface area contributed by atoms with Crippen molar-refractivity contribution in [3.8, 4) is 0 Å². The van der Waals surface area contributed by atoms with Crippen LogP contribution in [-0.2, 0) is 0 Å². The lowest BCUT2D eigenvalue weighted by Crippen LogP contribution is -1.84. The van der Waals surface area contributed by atoms with E-state index in [0.717, 1.165) is 4.88 Å². The Morgan fingerprint density at radius 2 is 2.57 bits per heavy atom. The second-order valence-corrected chi connectivity index (χ2v) is 2.25. The maximum absolute atomic E-state index is 5.31. The van der Waals surface area contributed by atoms with Crippen LogP contribution in [0.1, 0.15) is 4.88 Å². The predicted molar refractivity (Wildman–Crippen MR) is 30.1 cm³/mol. The Hall–Kier alpha value is -0.570. The van der Waals surface area contributed by atoms with Crippen LogP contribution < -0.4 is 5.73 Å². The monoisotopic (exact) mass is 113 g/mol. The zero-order valence-electron chi connectivity index (χ0n) is 3.93. The Morgan fingerprint density at radius 3 is 2.71 bits per heavy atom. The molecule has 1 heterocycles. The van der Waals surface area contributed by atoms with Gasteiger partial charge in [0, 0.05) is 4.88 Å². The van der Waals surface area contributed by atoms with E-state index in [2.05, 4.69) is 10.5 Å². The fraction of sp³-hybridized carbons (Fsp3) is 0.250. The molecule has 1 aromatic heterocycles. The van der Waals surface area contributed by atoms with Crippen LogP contribution in [0.25, 0.3) is 0 Å². The number of nitrogens with zero attached hydrogens (tertiary/aromatic N) is 1. The number of nitrogens with two attached hydrogens (primary N) is 1. The molecule has 3 heteroatoms. The van der Waals surface area contributed by atoms with Crippen LogP contribution in [0.2, 0.25) is 0 Å². The molecule has 0 fully saturated rings. The van der Waals surface area contributed by atoms with E-state index in [1.54, 1.807) is 0 Å². The normalized spacial score (nSPS) is 9.29. The van der Waals surface area contributed by atoms with Crippen LogP contribution >= 0.6 is 11.3 Å². The van der Waals surface area contributed by atoms with Gasteiger partial charge in [0.05, 0.1) is 0 Å². The van der Waals surface area contributed by atoms with Gasteiger partial charge in [-0.05, 0) is 6.92 Å². The van der Waals surface area contributed by atoms with Crippen LogP contribution in [-0.4, -0.2) is 4.98 Å². The summed E-state index contributed by atoms with van der Waals surface area (Å²) in [4.78, 5) is 4.73. The summed E-state index contributed by atoms with van der Waals surface area (Å²) in [5.74, 6) is 0.602. The van der Waals surface area contributed by atoms with E-state index < -0.39 is 0 Å². The van der Waals surface area contributed by atoms with Crippen molar-refractivity contribution in [3.05, 3.63) is 10.4 Å². The first-order chi connectivity index (χ1) is 3.30. The van der Waals surface area contributed by atoms with Crippen LogP contribution in [0.3, 0.4) is 0 Å². The first kappa shape index (κ1) is 4.59. The summed E-state index contributed by atoms with van der Waals surface area (Å²) in [6.45, 7) is 1.92. The zero-order valence-corrected chi connectivity index (χ0v) is 4.75. The molecular formula is C4H5N2S. The van der Waals surface area contributed by atoms with Gasteiger partial charge in [0.15, 0.2) is 5.51 Å². The van der Waals surface area contributed by atoms with Crippen molar-refractivity contribution in [2.24, 2.45) is 0 Å². The summed E-state index contributed by atoms with van der Waals surface area (Å²) in [6, 6.07) is 0. The highest BCUT2D eigenvalue weighted by molar-refractivity contribution is 7.09. The van der Waals surface area contributed by atoms with Crippen molar-refractivity contribution in [1.82, 2.24) is 4.98 Å². The van der Waals surface area contributed by atoms with E-state index in [9.17, 15) is 0 Å². The van der Waals surface area contributed by atoms with Crippen molar-refractivity contribution in [3.63, 3.8) is 0 Å². The fourth-order valence-corrected chi connectivity index (χ4v) is 0.703. The molecule has 2 N–H and O–H groups in total. The minimum atomic E-state index is 0.602. The minimum absolute atomic E-state index is 0.602. The molecular weight excluding hydrogens is 108 g/mol. The van der Waals surface area contributed by atoms with E-state index in [-0.39, 0.29) is 0 Å². The van der Waals surface area contributed by atoms with Crippen molar-refractivity contribution < 1.29 is 0 Å². The molecule has 0 bridgehead atoms. The quantitative estimate of drug-likeness (QED) is 0.541. The highest BCUT2D eigenvalue weighted by atomic mass is 32.1. The number of thiazole rings is 1. The third-order valence-electron chi connectivity index (χ3n) is 0.726. The predicted octanol–water partition coefficient (Wildman–Crippen LogP) is 0.834. The van der Waals surface area contributed by atoms with Crippen LogP contribution in [0.5, 0.6) is 0 Å². The summed E-state index contributed by atoms with van der Waals surface area (Å²) < 4.78 is 0. The lowest BCUT2D eigenvalue weighted by atomic mass is 10.6. The van der Waals surface area contributed by atoms with E-state index in [1.165, 1.54) is 11.3 Å². The second kappa shape index (κ2) is 1.50. The van der Waals surface area contributed by atoms with E-state index >= 15 is 0 Å². The first-order valence-electron chi connectivity index (χ1n) is 1.89. The third-order valence-corrected chi connectivity index (χ3v) is 1.42. The van der Waals surface area contributed by atoms with Gasteiger partial charge in [0.1, 0.15) is 5.82 Å². The highest BCUT2D eigenvalue weighted by Gasteiger charge is 1.90. The Kier molecular flexibility index (Phi) is 0.982. The highest BCUT2D eigenvalue weighted by Crippen LogP contribution is 2.10. The van der Waals surface area contributed by atoms with Gasteiger partial charge in [-0.3, -0.25) is 0 Å². The van der Waals surface area contributed by atoms with Gasteiger partial charge in [-0.25, -0.2) is 4.98 Å². The average molecular weight is 113 g/mol. The number of aryl methyl sites for hydroxylation is 1. The number of hydrogen-bond donors (Lipinski definition) is 1. The van der Waals surface area contributed by atoms with E-state index in [1.807, 2.05) is 6.92 Å². The molecule has 2 nitrogen and oxygen atoms in total. The van der Waals surface area contributed by atoms with Gasteiger partial charge in [-0.1, -0.05) is 0 Å². The Bertz CT molecular complexity index is 142. The molecule has 0 amide bonds. The zero-order chi connectivity index (χ0) is 5.28. The van der Waals surface area contributed by atoms with Crippen LogP contribution in [0, 0.1) is 12.4 Å². The molecule has 37 valence electrons. The van der Waals surface area contributed by atoms with Crippen molar-refractivity contribution in [2.45, 2.75) is 6.92 Å². The molecule has 0 aliphatic carbocycles. The number of aromatic nitrogens is 1. The van der Waals surface area contributed by atoms with Gasteiger partial charge in [-0.2, -0.15) is 0 Å². The summed E-state index contributed by atoms with van der Waals surface area (Å²) in [6.07, 6.45) is 0. The standard InChI is InChI=1S/C4H5N2S/c1-3-4(5)6-2-7-3/h5H2,1H3. The average Bonchev–Trinajstić information content (AvgIpc) is 1.91. The summed E-state index contributed by atoms with van der Waals surface area (Å²) in [5, 5.41) is 0. The van der Waals surface area contributed by atoms with Gasteiger partial charge >= 0.3 is 0 Å². The fourth-order valence-electron chi connectivity index (χ4n) is 0.271. The lowest BCUT2D eigenvalue weighted by molar-refractivity contribution is 1.38. The molecule has 0 atom stereocenters. The smallest absolute Gasteiger partial charge is 0.154 e.